The van der Waals surface area contributed by atoms with Gasteiger partial charge in [0.15, 0.2) is 23.3 Å². The summed E-state index contributed by atoms with van der Waals surface area (Å²) in [6, 6.07) is -1.32. The third kappa shape index (κ3) is 4.67. The molecule has 140 valence electrons. The summed E-state index contributed by atoms with van der Waals surface area (Å²) in [7, 11) is 0. The van der Waals surface area contributed by atoms with Gasteiger partial charge in [-0.15, -0.1) is 0 Å². The quantitative estimate of drug-likeness (QED) is 0.363. The summed E-state index contributed by atoms with van der Waals surface area (Å²) in [6.07, 6.45) is 0. The summed E-state index contributed by atoms with van der Waals surface area (Å²) < 4.78 is 71.7. The Kier molecular flexibility index (Phi) is 6.89. The van der Waals surface area contributed by atoms with Crippen LogP contribution in [0.3, 0.4) is 0 Å². The zero-order chi connectivity index (χ0) is 19.5. The van der Waals surface area contributed by atoms with Gasteiger partial charge in [-0.05, 0) is 11.8 Å². The van der Waals surface area contributed by atoms with Crippen molar-refractivity contribution in [1.82, 2.24) is 5.32 Å². The van der Waals surface area contributed by atoms with Crippen molar-refractivity contribution in [3.05, 3.63) is 34.6 Å². The number of halogens is 5. The minimum absolute atomic E-state index is 0.00245. The number of rotatable bonds is 6. The van der Waals surface area contributed by atoms with Crippen LogP contribution in [0.25, 0.3) is 0 Å². The van der Waals surface area contributed by atoms with Crippen LogP contribution in [0.2, 0.25) is 0 Å². The molecule has 1 rings (SSSR count). The van der Waals surface area contributed by atoms with Gasteiger partial charge in [0, 0.05) is 0 Å². The normalized spacial score (nSPS) is 12.4. The molecular weight excluding hydrogens is 349 g/mol. The second-order valence-electron chi connectivity index (χ2n) is 6.16. The first-order chi connectivity index (χ1) is 11.5. The molecule has 0 aliphatic rings. The van der Waals surface area contributed by atoms with Crippen LogP contribution in [0.1, 0.15) is 38.1 Å². The van der Waals surface area contributed by atoms with Crippen molar-refractivity contribution in [3.63, 3.8) is 0 Å². The molecule has 0 bridgehead atoms. The maximum absolute atomic E-state index is 13.7. The highest BCUT2D eigenvalue weighted by atomic mass is 19.2. The number of carbonyl (C=O) groups is 2. The van der Waals surface area contributed by atoms with Gasteiger partial charge in [-0.3, -0.25) is 4.79 Å². The largest absolute Gasteiger partial charge is 0.464 e. The summed E-state index contributed by atoms with van der Waals surface area (Å²) >= 11 is 0. The molecule has 1 N–H and O–H groups in total. The first-order valence-electron chi connectivity index (χ1n) is 7.47. The van der Waals surface area contributed by atoms with Gasteiger partial charge in [-0.25, -0.2) is 26.7 Å². The second-order valence-corrected chi connectivity index (χ2v) is 6.16. The fourth-order valence-corrected chi connectivity index (χ4v) is 1.85. The van der Waals surface area contributed by atoms with E-state index in [1.165, 1.54) is 13.8 Å². The Morgan fingerprint density at radius 3 is 1.72 bits per heavy atom. The molecule has 25 heavy (non-hydrogen) atoms. The fourth-order valence-electron chi connectivity index (χ4n) is 1.85. The minimum atomic E-state index is -2.37. The van der Waals surface area contributed by atoms with Gasteiger partial charge in [0.25, 0.3) is 5.91 Å². The van der Waals surface area contributed by atoms with Crippen LogP contribution in [-0.4, -0.2) is 24.5 Å². The molecule has 0 radical (unpaired) electrons. The van der Waals surface area contributed by atoms with E-state index in [4.69, 9.17) is 4.74 Å². The summed E-state index contributed by atoms with van der Waals surface area (Å²) in [5, 5.41) is 1.96. The fraction of sp³-hybridized carbons (Fsp3) is 0.500. The van der Waals surface area contributed by atoms with E-state index in [2.05, 4.69) is 0 Å². The van der Waals surface area contributed by atoms with Crippen molar-refractivity contribution in [1.29, 1.82) is 0 Å². The number of amides is 1. The smallest absolute Gasteiger partial charge is 0.328 e. The molecule has 9 heteroatoms. The predicted octanol–water partition coefficient (Wildman–Crippen LogP) is 3.34. The van der Waals surface area contributed by atoms with Crippen LogP contribution in [0.15, 0.2) is 0 Å². The SMILES string of the molecule is CC(C)COC(=O)C(NC(=O)c1c(F)c(F)c(F)c(F)c1F)C(C)C. The topological polar surface area (TPSA) is 55.4 Å². The lowest BCUT2D eigenvalue weighted by Crippen LogP contribution is -2.46. The Morgan fingerprint density at radius 2 is 1.32 bits per heavy atom. The minimum Gasteiger partial charge on any atom is -0.464 e. The van der Waals surface area contributed by atoms with E-state index in [1.54, 1.807) is 13.8 Å². The van der Waals surface area contributed by atoms with Crippen LogP contribution >= 0.6 is 0 Å². The van der Waals surface area contributed by atoms with Gasteiger partial charge in [-0.1, -0.05) is 27.7 Å². The molecule has 1 aromatic rings. The summed E-state index contributed by atoms with van der Waals surface area (Å²) in [4.78, 5) is 24.0. The molecule has 0 fully saturated rings. The standard InChI is InChI=1S/C16H18F5NO3/c1-6(2)5-25-16(24)14(7(3)4)22-15(23)8-9(17)11(19)13(21)12(20)10(8)18/h6-7,14H,5H2,1-4H3,(H,22,23). The predicted molar refractivity (Wildman–Crippen MR) is 78.1 cm³/mol. The molecule has 0 aliphatic heterocycles. The molecule has 0 aliphatic carbocycles. The van der Waals surface area contributed by atoms with Gasteiger partial charge in [-0.2, -0.15) is 0 Å². The molecule has 1 atom stereocenters. The first-order valence-corrected chi connectivity index (χ1v) is 7.47. The lowest BCUT2D eigenvalue weighted by molar-refractivity contribution is -0.148. The Hall–Kier alpha value is -2.19. The van der Waals surface area contributed by atoms with Crippen LogP contribution in [-0.2, 0) is 9.53 Å². The van der Waals surface area contributed by atoms with E-state index < -0.39 is 58.5 Å². The maximum Gasteiger partial charge on any atom is 0.328 e. The van der Waals surface area contributed by atoms with E-state index in [9.17, 15) is 31.5 Å². The lowest BCUT2D eigenvalue weighted by atomic mass is 10.0. The molecule has 0 saturated heterocycles. The van der Waals surface area contributed by atoms with E-state index in [0.717, 1.165) is 0 Å². The van der Waals surface area contributed by atoms with Gasteiger partial charge in [0.05, 0.1) is 6.61 Å². The first kappa shape index (κ1) is 20.9. The molecule has 1 aromatic carbocycles. The van der Waals surface area contributed by atoms with Crippen molar-refractivity contribution < 1.29 is 36.3 Å². The molecule has 0 saturated carbocycles. The van der Waals surface area contributed by atoms with E-state index in [0.29, 0.717) is 0 Å². The third-order valence-electron chi connectivity index (χ3n) is 3.20. The summed E-state index contributed by atoms with van der Waals surface area (Å²) in [6.45, 7) is 6.61. The highest BCUT2D eigenvalue weighted by Crippen LogP contribution is 2.23. The molecule has 0 aromatic heterocycles. The average molecular weight is 367 g/mol. The Labute approximate surface area is 141 Å². The van der Waals surface area contributed by atoms with Gasteiger partial charge >= 0.3 is 5.97 Å². The Morgan fingerprint density at radius 1 is 0.880 bits per heavy atom. The summed E-state index contributed by atoms with van der Waals surface area (Å²) in [5.74, 6) is -14.4. The van der Waals surface area contributed by atoms with Crippen LogP contribution < -0.4 is 5.32 Å². The molecular formula is C16H18F5NO3. The molecule has 4 nitrogen and oxygen atoms in total. The van der Waals surface area contributed by atoms with Gasteiger partial charge < -0.3 is 10.1 Å². The number of benzene rings is 1. The van der Waals surface area contributed by atoms with E-state index in [1.807, 2.05) is 5.32 Å². The Balaban J connectivity index is 3.13. The van der Waals surface area contributed by atoms with Crippen molar-refractivity contribution in [2.24, 2.45) is 11.8 Å². The van der Waals surface area contributed by atoms with Crippen molar-refractivity contribution in [2.75, 3.05) is 6.61 Å². The van der Waals surface area contributed by atoms with Gasteiger partial charge in [0.2, 0.25) is 5.82 Å². The van der Waals surface area contributed by atoms with Crippen molar-refractivity contribution in [2.45, 2.75) is 33.7 Å². The van der Waals surface area contributed by atoms with Crippen molar-refractivity contribution in [3.8, 4) is 0 Å². The highest BCUT2D eigenvalue weighted by Gasteiger charge is 2.33. The molecule has 1 unspecified atom stereocenters. The number of hydrogen-bond acceptors (Lipinski definition) is 3. The average Bonchev–Trinajstić information content (AvgIpc) is 2.53. The van der Waals surface area contributed by atoms with Crippen molar-refractivity contribution >= 4 is 11.9 Å². The lowest BCUT2D eigenvalue weighted by Gasteiger charge is -2.21. The number of esters is 1. The van der Waals surface area contributed by atoms with E-state index >= 15 is 0 Å². The van der Waals surface area contributed by atoms with Crippen LogP contribution in [0, 0.1) is 40.9 Å². The summed E-state index contributed by atoms with van der Waals surface area (Å²) in [5.41, 5.74) is -1.65. The van der Waals surface area contributed by atoms with Crippen LogP contribution in [0.4, 0.5) is 22.0 Å². The molecule has 1 amide bonds. The zero-order valence-electron chi connectivity index (χ0n) is 14.1. The Bertz CT molecular complexity index is 647. The highest BCUT2D eigenvalue weighted by molar-refractivity contribution is 5.97. The molecule has 0 spiro atoms. The van der Waals surface area contributed by atoms with E-state index in [-0.39, 0.29) is 12.5 Å². The van der Waals surface area contributed by atoms with Crippen LogP contribution in [0.5, 0.6) is 0 Å². The third-order valence-corrected chi connectivity index (χ3v) is 3.20. The number of nitrogens with one attached hydrogen (secondary N) is 1. The number of hydrogen-bond donors (Lipinski definition) is 1. The zero-order valence-corrected chi connectivity index (χ0v) is 14.1. The van der Waals surface area contributed by atoms with Gasteiger partial charge in [0.1, 0.15) is 11.6 Å². The molecule has 0 heterocycles. The maximum atomic E-state index is 13.7. The number of carbonyl (C=O) groups excluding carboxylic acids is 2. The monoisotopic (exact) mass is 367 g/mol. The number of ether oxygens (including phenoxy) is 1. The second kappa shape index (κ2) is 8.26.